The second kappa shape index (κ2) is 45.2. The minimum Gasteiger partial charge on any atom is -0.438 e. The molecule has 0 aliphatic carbocycles. The number of alkyl halides is 16. The summed E-state index contributed by atoms with van der Waals surface area (Å²) in [5.74, 6) is -5.78. The molecule has 8 aromatic carbocycles. The third-order valence-electron chi connectivity index (χ3n) is 19.6. The van der Waals surface area contributed by atoms with Crippen LogP contribution in [-0.4, -0.2) is 106 Å². The van der Waals surface area contributed by atoms with Crippen molar-refractivity contribution >= 4 is 46.8 Å². The Balaban J connectivity index is 0.000000202. The van der Waals surface area contributed by atoms with Gasteiger partial charge in [-0.25, -0.2) is 36.3 Å². The molecule has 12 aromatic rings. The van der Waals surface area contributed by atoms with Crippen LogP contribution in [0, 0.1) is 6.92 Å². The van der Waals surface area contributed by atoms with Crippen molar-refractivity contribution in [3.05, 3.63) is 289 Å². The average Bonchev–Trinajstić information content (AvgIpc) is 1.53. The van der Waals surface area contributed by atoms with Crippen molar-refractivity contribution < 1.29 is 142 Å². The van der Waals surface area contributed by atoms with Gasteiger partial charge in [0.1, 0.15) is 73.9 Å². The highest BCUT2D eigenvalue weighted by Crippen LogP contribution is 2.42. The number of aryl methyl sites for hydroxylation is 5. The van der Waals surface area contributed by atoms with Crippen LogP contribution in [0.1, 0.15) is 226 Å². The van der Waals surface area contributed by atoms with E-state index in [1.165, 1.54) is 119 Å². The molecular weight excluding hydrogens is 1820 g/mol. The van der Waals surface area contributed by atoms with Crippen LogP contribution >= 0.6 is 0 Å². The number of aromatic nitrogens is 8. The van der Waals surface area contributed by atoms with Crippen molar-refractivity contribution in [1.82, 2.24) is 60.4 Å². The van der Waals surface area contributed by atoms with Gasteiger partial charge in [-0.2, -0.15) is 73.1 Å². The van der Waals surface area contributed by atoms with Crippen LogP contribution in [0.3, 0.4) is 0 Å². The zero-order valence-electron chi connectivity index (χ0n) is 73.4. The first kappa shape index (κ1) is 103. The molecule has 4 N–H and O–H groups in total. The van der Waals surface area contributed by atoms with Crippen LogP contribution < -0.4 is 54.4 Å². The van der Waals surface area contributed by atoms with E-state index in [1.807, 2.05) is 6.92 Å². The molecule has 0 radical (unpaired) electrons. The lowest BCUT2D eigenvalue weighted by atomic mass is 10.0. The predicted molar refractivity (Wildman–Crippen MR) is 453 cm³/mol. The van der Waals surface area contributed by atoms with E-state index in [-0.39, 0.29) is 86.7 Å². The fourth-order valence-electron chi connectivity index (χ4n) is 12.8. The summed E-state index contributed by atoms with van der Waals surface area (Å²) in [6.45, 7) is 4.84. The van der Waals surface area contributed by atoms with Gasteiger partial charge in [0, 0.05) is 68.6 Å². The monoisotopic (exact) mass is 1900 g/mol. The van der Waals surface area contributed by atoms with Gasteiger partial charge in [0.15, 0.2) is 28.8 Å². The van der Waals surface area contributed by atoms with Crippen LogP contribution in [-0.2, 0) is 40.5 Å². The molecule has 0 saturated heterocycles. The number of amides is 4. The van der Waals surface area contributed by atoms with E-state index in [0.717, 1.165) is 50.9 Å². The second-order valence-corrected chi connectivity index (χ2v) is 29.5. The molecule has 0 aliphatic rings. The van der Waals surface area contributed by atoms with E-state index >= 15 is 0 Å². The van der Waals surface area contributed by atoms with E-state index in [1.54, 1.807) is 126 Å². The van der Waals surface area contributed by atoms with Crippen molar-refractivity contribution in [2.45, 2.75) is 132 Å². The highest BCUT2D eigenvalue weighted by molar-refractivity contribution is 6.01. The highest BCUT2D eigenvalue weighted by Gasteiger charge is 2.43. The van der Waals surface area contributed by atoms with Crippen LogP contribution in [0.4, 0.5) is 70.2 Å². The molecule has 0 saturated carbocycles. The van der Waals surface area contributed by atoms with E-state index < -0.39 is 138 Å². The first-order valence-corrected chi connectivity index (χ1v) is 40.0. The summed E-state index contributed by atoms with van der Waals surface area (Å²) < 4.78 is 249. The van der Waals surface area contributed by atoms with E-state index in [2.05, 4.69) is 55.9 Å². The number of carbonyl (C=O) groups excluding carboxylic acids is 8. The molecule has 135 heavy (non-hydrogen) atoms. The summed E-state index contributed by atoms with van der Waals surface area (Å²) in [4.78, 5) is 97.8. The van der Waals surface area contributed by atoms with Gasteiger partial charge in [-0.15, -0.1) is 0 Å². The number of nitrogens with zero attached hydrogens (tertiary/aromatic N) is 8. The molecule has 4 atom stereocenters. The Kier molecular flexibility index (Phi) is 34.6. The first-order chi connectivity index (χ1) is 63.5. The molecule has 0 aliphatic heterocycles. The zero-order chi connectivity index (χ0) is 99.5. The summed E-state index contributed by atoms with van der Waals surface area (Å²) in [6, 6.07) is 43.2. The van der Waals surface area contributed by atoms with Gasteiger partial charge in [0.05, 0.1) is 35.4 Å². The lowest BCUT2D eigenvalue weighted by Gasteiger charge is -2.16. The number of hydrogen-bond acceptors (Lipinski definition) is 19. The summed E-state index contributed by atoms with van der Waals surface area (Å²) in [5, 5.41) is 25.5. The van der Waals surface area contributed by atoms with E-state index in [0.29, 0.717) is 50.7 Å². The zero-order valence-corrected chi connectivity index (χ0v) is 73.4. The highest BCUT2D eigenvalue weighted by atomic mass is 19.4. The maximum atomic E-state index is 13.7. The van der Waals surface area contributed by atoms with Crippen molar-refractivity contribution in [3.63, 3.8) is 0 Å². The van der Waals surface area contributed by atoms with Gasteiger partial charge >= 0.3 is 32.2 Å². The van der Waals surface area contributed by atoms with Crippen molar-refractivity contribution in [2.75, 3.05) is 0 Å². The van der Waals surface area contributed by atoms with Crippen LogP contribution in [0.25, 0.3) is 0 Å². The Hall–Kier alpha value is -15.4. The molecule has 0 bridgehead atoms. The van der Waals surface area contributed by atoms with Gasteiger partial charge in [0.25, 0.3) is 36.5 Å². The molecule has 4 heterocycles. The molecule has 43 heteroatoms. The number of ketones is 4. The number of rotatable bonds is 32. The number of hydrogen-bond donors (Lipinski definition) is 4. The topological polar surface area (TPSA) is 321 Å². The summed E-state index contributed by atoms with van der Waals surface area (Å²) >= 11 is 0. The average molecular weight is 1900 g/mol. The Morgan fingerprint density at radius 1 is 0.311 bits per heavy atom. The minimum absolute atomic E-state index is 0.0242. The van der Waals surface area contributed by atoms with Crippen LogP contribution in [0.5, 0.6) is 63.8 Å². The van der Waals surface area contributed by atoms with Crippen molar-refractivity contribution in [2.24, 2.45) is 28.2 Å². The Morgan fingerprint density at radius 2 is 0.556 bits per heavy atom. The quantitative estimate of drug-likeness (QED) is 0.0225. The van der Waals surface area contributed by atoms with Crippen LogP contribution in [0.2, 0.25) is 0 Å². The molecule has 0 spiro atoms. The first-order valence-electron chi connectivity index (χ1n) is 40.0. The number of benzene rings is 8. The number of Topliss-reactive ketones (excluding diaryl/α,β-unsaturated/α-hetero) is 4. The van der Waals surface area contributed by atoms with Gasteiger partial charge in [0.2, 0.25) is 23.5 Å². The fourth-order valence-corrected chi connectivity index (χ4v) is 12.8. The molecule has 4 amide bonds. The molecule has 0 fully saturated rings. The van der Waals surface area contributed by atoms with Gasteiger partial charge in [-0.1, -0.05) is 121 Å². The lowest BCUT2D eigenvalue weighted by Crippen LogP contribution is -2.28. The SMILES string of the molecule is CC(=O)c1ccc([C@@H](C)NC(=O)c2c(C(F)F)nn(C)c2Oc2cccc(C(F)(F)F)c2)cc1.CC(=O)c1ccc([C@H](C)NC(=O)c2c(C(F)(F)F)nn(C)c2Oc2cccc(OC(F)F)c2)cc1.CC(=O)c1ccc([C@H](C)NC(=O)c2c(C(F)F)nn(C)c2Oc2cccc(OC(F)F)c2)cc1.CC(=O)c1ccc([C@H](C)NC(=O)c2c(C)nn(C)c2Oc2cccc(OC(F)F)c2)cc1. The fraction of sp³-hybridized carbons (Fsp3) is 0.261. The summed E-state index contributed by atoms with van der Waals surface area (Å²) in [5.41, 5.74) is -0.882. The van der Waals surface area contributed by atoms with Crippen molar-refractivity contribution in [3.8, 4) is 63.8 Å². The number of ether oxygens (including phenoxy) is 7. The molecule has 27 nitrogen and oxygen atoms in total. The minimum atomic E-state index is -4.99. The summed E-state index contributed by atoms with van der Waals surface area (Å²) in [6.07, 6.45) is -15.9. The van der Waals surface area contributed by atoms with Gasteiger partial charge < -0.3 is 54.4 Å². The molecule has 714 valence electrons. The number of halogens is 16. The Labute approximate surface area is 758 Å². The number of carbonyl (C=O) groups is 8. The Morgan fingerprint density at radius 3 is 0.830 bits per heavy atom. The molecule has 4 aromatic heterocycles. The second-order valence-electron chi connectivity index (χ2n) is 29.5. The predicted octanol–water partition coefficient (Wildman–Crippen LogP) is 21.6. The lowest BCUT2D eigenvalue weighted by molar-refractivity contribution is -0.142. The van der Waals surface area contributed by atoms with E-state index in [9.17, 15) is 109 Å². The number of nitrogens with one attached hydrogen (secondary N) is 4. The van der Waals surface area contributed by atoms with Gasteiger partial charge in [-0.05, 0) is 139 Å². The maximum Gasteiger partial charge on any atom is 0.436 e. The third-order valence-corrected chi connectivity index (χ3v) is 19.6. The molecule has 12 rings (SSSR count). The molecule has 0 unspecified atom stereocenters. The smallest absolute Gasteiger partial charge is 0.436 e. The van der Waals surface area contributed by atoms with E-state index in [4.69, 9.17) is 18.9 Å². The van der Waals surface area contributed by atoms with Gasteiger partial charge in [-0.3, -0.25) is 38.4 Å². The molecular formula is C92H84F16N12O15. The van der Waals surface area contributed by atoms with Crippen LogP contribution in [0.15, 0.2) is 194 Å². The third kappa shape index (κ3) is 27.9. The standard InChI is InChI=1S/C23H20F5N3O4.C23H20F5N3O3.C23H21F4N3O4.C23H23F2N3O4/c1-12(14-7-9-15(10-8-14)13(2)32)29-20(33)18-19(23(26,27)28)30-31(3)21(18)34-16-5-4-6-17(11-16)35-22(24)25;1-12(14-7-9-15(10-8-14)13(2)32)29-21(33)18-19(20(24)25)30-31(3)22(18)34-17-6-4-5-16(11-17)23(26,27)28;1-12(14-7-9-15(10-8-14)13(2)31)28-21(32)18-19(20(24)25)29-30(3)22(18)33-16-5-4-6-17(11-16)34-23(26)27;1-13(16-8-10-17(11-9-16)15(3)29)26-21(30)20-14(2)27-28(4)22(20)31-18-6-5-7-19(12-18)32-23(24)25/h4-12,22H,1-3H3,(H,29,33);4-12,20H,1-3H3,(H,29,33);4-12,20,23H,1-3H3,(H,28,32);5-13,23H,1-4H3,(H,26,30)/t3*12-;13-/m0100/s1. The van der Waals surface area contributed by atoms with Crippen molar-refractivity contribution in [1.29, 1.82) is 0 Å². The normalized spacial score (nSPS) is 12.2. The summed E-state index contributed by atoms with van der Waals surface area (Å²) in [7, 11) is 5.30. The Bertz CT molecular complexity index is 6220. The largest absolute Gasteiger partial charge is 0.438 e. The maximum absolute atomic E-state index is 13.7.